The Morgan fingerprint density at radius 2 is 1.74 bits per heavy atom. The molecule has 1 aliphatic rings. The van der Waals surface area contributed by atoms with E-state index in [9.17, 15) is 22.4 Å². The van der Waals surface area contributed by atoms with Crippen molar-refractivity contribution in [3.8, 4) is 11.5 Å². The van der Waals surface area contributed by atoms with E-state index >= 15 is 0 Å². The molecule has 0 aliphatic carbocycles. The number of carbonyl (C=O) groups excluding carboxylic acids is 2. The summed E-state index contributed by atoms with van der Waals surface area (Å²) < 4.78 is 49.1. The minimum absolute atomic E-state index is 0.0907. The van der Waals surface area contributed by atoms with Crippen LogP contribution in [-0.2, 0) is 9.84 Å². The molecule has 2 amide bonds. The lowest BCUT2D eigenvalue weighted by molar-refractivity contribution is 0.0596. The van der Waals surface area contributed by atoms with Crippen molar-refractivity contribution < 1.29 is 31.9 Å². The van der Waals surface area contributed by atoms with E-state index in [0.29, 0.717) is 23.7 Å². The van der Waals surface area contributed by atoms with Crippen molar-refractivity contribution in [2.45, 2.75) is 26.8 Å². The second-order valence-electron chi connectivity index (χ2n) is 6.59. The standard InChI is InChI=1S/C20H20FNO6S.C2H6/c1-4-28-17-10-12(8-9-16(17)27-2)15(11-29(3,25)26)22-19(23)13-6-5-7-14(21)18(13)20(22)24;1-2/h5-10,15H,4,11H2,1-3H3;1-2H3. The highest BCUT2D eigenvalue weighted by Crippen LogP contribution is 2.37. The fourth-order valence-corrected chi connectivity index (χ4v) is 4.24. The molecule has 0 saturated heterocycles. The summed E-state index contributed by atoms with van der Waals surface area (Å²) in [5.41, 5.74) is -0.0869. The highest BCUT2D eigenvalue weighted by atomic mass is 32.2. The van der Waals surface area contributed by atoms with Crippen LogP contribution in [0.3, 0.4) is 0 Å². The normalized spacial score (nSPS) is 13.9. The third-order valence-corrected chi connectivity index (χ3v) is 5.46. The van der Waals surface area contributed by atoms with Crippen LogP contribution in [0.1, 0.15) is 53.1 Å². The van der Waals surface area contributed by atoms with Gasteiger partial charge in [-0.05, 0) is 36.8 Å². The van der Waals surface area contributed by atoms with E-state index in [-0.39, 0.29) is 11.1 Å². The van der Waals surface area contributed by atoms with Crippen molar-refractivity contribution in [1.29, 1.82) is 0 Å². The number of nitrogens with zero attached hydrogens (tertiary/aromatic N) is 1. The number of benzene rings is 2. The smallest absolute Gasteiger partial charge is 0.265 e. The van der Waals surface area contributed by atoms with Crippen LogP contribution in [-0.4, -0.2) is 50.9 Å². The summed E-state index contributed by atoms with van der Waals surface area (Å²) in [6.45, 7) is 6.10. The van der Waals surface area contributed by atoms with Gasteiger partial charge >= 0.3 is 0 Å². The molecule has 0 N–H and O–H groups in total. The number of fused-ring (bicyclic) bond motifs is 1. The van der Waals surface area contributed by atoms with E-state index in [1.807, 2.05) is 13.8 Å². The predicted molar refractivity (Wildman–Crippen MR) is 115 cm³/mol. The third kappa shape index (κ3) is 5.04. The number of imide groups is 1. The molecular formula is C22H26FNO6S. The Morgan fingerprint density at radius 1 is 1.06 bits per heavy atom. The van der Waals surface area contributed by atoms with Crippen molar-refractivity contribution in [2.75, 3.05) is 25.7 Å². The van der Waals surface area contributed by atoms with Crippen LogP contribution < -0.4 is 9.47 Å². The van der Waals surface area contributed by atoms with E-state index in [0.717, 1.165) is 17.2 Å². The lowest BCUT2D eigenvalue weighted by Crippen LogP contribution is -2.37. The molecular weight excluding hydrogens is 425 g/mol. The van der Waals surface area contributed by atoms with Gasteiger partial charge in [-0.3, -0.25) is 14.5 Å². The molecule has 0 radical (unpaired) electrons. The van der Waals surface area contributed by atoms with Gasteiger partial charge < -0.3 is 9.47 Å². The van der Waals surface area contributed by atoms with Crippen molar-refractivity contribution in [3.05, 3.63) is 58.9 Å². The van der Waals surface area contributed by atoms with Gasteiger partial charge in [-0.1, -0.05) is 26.0 Å². The minimum Gasteiger partial charge on any atom is -0.493 e. The molecule has 2 aromatic carbocycles. The zero-order chi connectivity index (χ0) is 23.3. The van der Waals surface area contributed by atoms with E-state index in [4.69, 9.17) is 9.47 Å². The van der Waals surface area contributed by atoms with Crippen LogP contribution >= 0.6 is 0 Å². The molecule has 168 valence electrons. The second-order valence-corrected chi connectivity index (χ2v) is 8.78. The van der Waals surface area contributed by atoms with Gasteiger partial charge in [0.15, 0.2) is 11.5 Å². The number of hydrogen-bond acceptors (Lipinski definition) is 6. The van der Waals surface area contributed by atoms with E-state index in [2.05, 4.69) is 0 Å². The largest absolute Gasteiger partial charge is 0.493 e. The zero-order valence-electron chi connectivity index (χ0n) is 18.1. The Bertz CT molecular complexity index is 1080. The molecule has 2 aromatic rings. The zero-order valence-corrected chi connectivity index (χ0v) is 19.0. The number of carbonyl (C=O) groups is 2. The first kappa shape index (κ1) is 24.3. The molecule has 1 unspecified atom stereocenters. The third-order valence-electron chi connectivity index (χ3n) is 4.54. The first-order chi connectivity index (χ1) is 14.7. The van der Waals surface area contributed by atoms with Gasteiger partial charge in [0, 0.05) is 6.26 Å². The SMILES string of the molecule is CC.CCOc1cc(C(CS(C)(=O)=O)N2C(=O)c3cccc(F)c3C2=O)ccc1OC. The maximum absolute atomic E-state index is 14.2. The number of methoxy groups -OCH3 is 1. The average Bonchev–Trinajstić information content (AvgIpc) is 2.98. The Balaban J connectivity index is 0.00000166. The summed E-state index contributed by atoms with van der Waals surface area (Å²) in [6.07, 6.45) is 1.01. The van der Waals surface area contributed by atoms with Crippen LogP contribution in [0.2, 0.25) is 0 Å². The molecule has 0 fully saturated rings. The summed E-state index contributed by atoms with van der Waals surface area (Å²) in [5.74, 6) is -2.20. The number of sulfone groups is 1. The molecule has 7 nitrogen and oxygen atoms in total. The Hall–Kier alpha value is -2.94. The van der Waals surface area contributed by atoms with Crippen LogP contribution in [0.5, 0.6) is 11.5 Å². The number of ether oxygens (including phenoxy) is 2. The lowest BCUT2D eigenvalue weighted by Gasteiger charge is -2.26. The number of halogens is 1. The molecule has 0 saturated carbocycles. The number of amides is 2. The topological polar surface area (TPSA) is 90.0 Å². The maximum atomic E-state index is 14.2. The van der Waals surface area contributed by atoms with Crippen molar-refractivity contribution in [3.63, 3.8) is 0 Å². The number of hydrogen-bond donors (Lipinski definition) is 0. The Kier molecular flexibility index (Phi) is 7.78. The highest BCUT2D eigenvalue weighted by molar-refractivity contribution is 7.90. The molecule has 1 aliphatic heterocycles. The van der Waals surface area contributed by atoms with Gasteiger partial charge in [0.1, 0.15) is 15.7 Å². The van der Waals surface area contributed by atoms with Crippen molar-refractivity contribution >= 4 is 21.7 Å². The molecule has 9 heteroatoms. The van der Waals surface area contributed by atoms with E-state index in [1.54, 1.807) is 19.1 Å². The van der Waals surface area contributed by atoms with Gasteiger partial charge in [-0.25, -0.2) is 12.8 Å². The quantitative estimate of drug-likeness (QED) is 0.597. The molecule has 1 atom stereocenters. The minimum atomic E-state index is -3.61. The summed E-state index contributed by atoms with van der Waals surface area (Å²) in [7, 11) is -2.15. The second kappa shape index (κ2) is 9.91. The molecule has 31 heavy (non-hydrogen) atoms. The fourth-order valence-electron chi connectivity index (χ4n) is 3.32. The number of rotatable bonds is 7. The van der Waals surface area contributed by atoms with E-state index in [1.165, 1.54) is 25.3 Å². The van der Waals surface area contributed by atoms with Gasteiger partial charge in [0.2, 0.25) is 0 Å². The first-order valence-corrected chi connectivity index (χ1v) is 11.9. The van der Waals surface area contributed by atoms with Gasteiger partial charge in [-0.15, -0.1) is 0 Å². The molecule has 0 aromatic heterocycles. The van der Waals surface area contributed by atoms with Gasteiger partial charge in [0.05, 0.1) is 36.6 Å². The molecule has 3 rings (SSSR count). The van der Waals surface area contributed by atoms with Crippen LogP contribution in [0.15, 0.2) is 36.4 Å². The van der Waals surface area contributed by atoms with E-state index < -0.39 is 39.3 Å². The van der Waals surface area contributed by atoms with Crippen molar-refractivity contribution in [2.24, 2.45) is 0 Å². The summed E-state index contributed by atoms with van der Waals surface area (Å²) in [4.78, 5) is 26.6. The van der Waals surface area contributed by atoms with Crippen molar-refractivity contribution in [1.82, 2.24) is 4.90 Å². The summed E-state index contributed by atoms with van der Waals surface area (Å²) in [6, 6.07) is 7.25. The fraction of sp³-hybridized carbons (Fsp3) is 0.364. The monoisotopic (exact) mass is 451 g/mol. The van der Waals surface area contributed by atoms with Crippen LogP contribution in [0.25, 0.3) is 0 Å². The maximum Gasteiger partial charge on any atom is 0.265 e. The lowest BCUT2D eigenvalue weighted by atomic mass is 10.1. The Labute approximate surface area is 181 Å². The van der Waals surface area contributed by atoms with Gasteiger partial charge in [-0.2, -0.15) is 0 Å². The summed E-state index contributed by atoms with van der Waals surface area (Å²) >= 11 is 0. The van der Waals surface area contributed by atoms with Crippen LogP contribution in [0, 0.1) is 5.82 Å². The predicted octanol–water partition coefficient (Wildman–Crippen LogP) is 3.64. The molecule has 1 heterocycles. The van der Waals surface area contributed by atoms with Crippen LogP contribution in [0.4, 0.5) is 4.39 Å². The average molecular weight is 452 g/mol. The highest BCUT2D eigenvalue weighted by Gasteiger charge is 2.43. The molecule has 0 bridgehead atoms. The van der Waals surface area contributed by atoms with Gasteiger partial charge in [0.25, 0.3) is 11.8 Å². The molecule has 0 spiro atoms. The Morgan fingerprint density at radius 3 is 2.29 bits per heavy atom. The first-order valence-electron chi connectivity index (χ1n) is 9.82. The summed E-state index contributed by atoms with van der Waals surface area (Å²) in [5, 5.41) is 0.